The summed E-state index contributed by atoms with van der Waals surface area (Å²) in [7, 11) is 0. The monoisotopic (exact) mass is 334 g/mol. The van der Waals surface area contributed by atoms with Gasteiger partial charge in [-0.3, -0.25) is 9.59 Å². The number of carbonyl (C=O) groups excluding carboxylic acids is 1. The summed E-state index contributed by atoms with van der Waals surface area (Å²) in [5.74, 6) is -0.745. The molecule has 0 aliphatic rings. The molecule has 3 nitrogen and oxygen atoms in total. The van der Waals surface area contributed by atoms with Crippen molar-refractivity contribution < 1.29 is 14.7 Å². The molecule has 4 heteroatoms. The van der Waals surface area contributed by atoms with E-state index in [0.717, 1.165) is 15.2 Å². The fourth-order valence-corrected chi connectivity index (χ4v) is 2.68. The minimum absolute atomic E-state index is 0.0686. The Kier molecular flexibility index (Phi) is 4.90. The van der Waals surface area contributed by atoms with Crippen LogP contribution in [-0.4, -0.2) is 16.9 Å². The van der Waals surface area contributed by atoms with Gasteiger partial charge in [0, 0.05) is 22.9 Å². The number of unbranched alkanes of at least 4 members (excludes halogenated alkanes) is 1. The number of Topliss-reactive ketones (excluding diaryl/α,β-unsaturated/α-hetero) is 1. The molecule has 0 amide bonds. The van der Waals surface area contributed by atoms with Crippen LogP contribution >= 0.6 is 15.9 Å². The molecule has 2 aromatic carbocycles. The first kappa shape index (κ1) is 14.7. The van der Waals surface area contributed by atoms with Gasteiger partial charge in [0.2, 0.25) is 0 Å². The predicted octanol–water partition coefficient (Wildman–Crippen LogP) is 4.43. The first-order valence-corrected chi connectivity index (χ1v) is 7.31. The third-order valence-electron chi connectivity index (χ3n) is 3.22. The summed E-state index contributed by atoms with van der Waals surface area (Å²) in [6.07, 6.45) is 1.65. The van der Waals surface area contributed by atoms with Crippen molar-refractivity contribution in [3.63, 3.8) is 0 Å². The van der Waals surface area contributed by atoms with Crippen molar-refractivity contribution in [1.82, 2.24) is 0 Å². The van der Waals surface area contributed by atoms with Crippen LogP contribution in [0, 0.1) is 0 Å². The van der Waals surface area contributed by atoms with Crippen LogP contribution in [0.5, 0.6) is 0 Å². The van der Waals surface area contributed by atoms with Crippen LogP contribution in [0.25, 0.3) is 10.8 Å². The summed E-state index contributed by atoms with van der Waals surface area (Å²) in [5.41, 5.74) is 0.708. The molecule has 0 bridgehead atoms. The van der Waals surface area contributed by atoms with Gasteiger partial charge in [-0.1, -0.05) is 40.2 Å². The first-order valence-electron chi connectivity index (χ1n) is 6.52. The lowest BCUT2D eigenvalue weighted by atomic mass is 9.98. The largest absolute Gasteiger partial charge is 0.481 e. The van der Waals surface area contributed by atoms with E-state index >= 15 is 0 Å². The maximum Gasteiger partial charge on any atom is 0.303 e. The SMILES string of the molecule is O=C(O)CCCCC(=O)c1ccc(Br)c2ccccc12. The van der Waals surface area contributed by atoms with Crippen molar-refractivity contribution in [2.75, 3.05) is 0 Å². The fraction of sp³-hybridized carbons (Fsp3) is 0.250. The Balaban J connectivity index is 2.14. The number of rotatable bonds is 6. The number of ketones is 1. The second kappa shape index (κ2) is 6.66. The molecule has 0 atom stereocenters. The van der Waals surface area contributed by atoms with E-state index in [0.29, 0.717) is 24.8 Å². The van der Waals surface area contributed by atoms with Crippen molar-refractivity contribution in [1.29, 1.82) is 0 Å². The van der Waals surface area contributed by atoms with Gasteiger partial charge in [0.05, 0.1) is 0 Å². The van der Waals surface area contributed by atoms with Gasteiger partial charge in [0.15, 0.2) is 5.78 Å². The van der Waals surface area contributed by atoms with Crippen LogP contribution in [0.2, 0.25) is 0 Å². The molecule has 0 aliphatic carbocycles. The van der Waals surface area contributed by atoms with Gasteiger partial charge in [-0.2, -0.15) is 0 Å². The highest BCUT2D eigenvalue weighted by molar-refractivity contribution is 9.10. The number of carboxylic acid groups (broad SMARTS) is 1. The quantitative estimate of drug-likeness (QED) is 0.628. The topological polar surface area (TPSA) is 54.4 Å². The third-order valence-corrected chi connectivity index (χ3v) is 3.91. The van der Waals surface area contributed by atoms with Crippen molar-refractivity contribution in [3.05, 3.63) is 46.4 Å². The highest BCUT2D eigenvalue weighted by Gasteiger charge is 2.11. The molecule has 0 spiro atoms. The van der Waals surface area contributed by atoms with E-state index in [2.05, 4.69) is 15.9 Å². The molecule has 0 fully saturated rings. The van der Waals surface area contributed by atoms with Crippen LogP contribution in [0.3, 0.4) is 0 Å². The van der Waals surface area contributed by atoms with E-state index in [1.54, 1.807) is 0 Å². The van der Waals surface area contributed by atoms with Crippen LogP contribution in [0.15, 0.2) is 40.9 Å². The maximum absolute atomic E-state index is 12.3. The Bertz CT molecular complexity index is 649. The number of halogens is 1. The smallest absolute Gasteiger partial charge is 0.303 e. The Morgan fingerprint density at radius 2 is 1.60 bits per heavy atom. The van der Waals surface area contributed by atoms with Gasteiger partial charge in [-0.05, 0) is 35.7 Å². The number of aliphatic carboxylic acids is 1. The number of hydrogen-bond acceptors (Lipinski definition) is 2. The molecule has 0 saturated heterocycles. The zero-order valence-corrected chi connectivity index (χ0v) is 12.5. The van der Waals surface area contributed by atoms with Crippen LogP contribution in [0.4, 0.5) is 0 Å². The van der Waals surface area contributed by atoms with Gasteiger partial charge in [-0.15, -0.1) is 0 Å². The summed E-state index contributed by atoms with van der Waals surface area (Å²) in [6.45, 7) is 0. The molecule has 0 aromatic heterocycles. The Hall–Kier alpha value is -1.68. The zero-order chi connectivity index (χ0) is 14.5. The molecule has 0 radical (unpaired) electrons. The minimum atomic E-state index is -0.813. The molecule has 0 aliphatic heterocycles. The van der Waals surface area contributed by atoms with Crippen LogP contribution in [0.1, 0.15) is 36.0 Å². The fourth-order valence-electron chi connectivity index (χ4n) is 2.20. The van der Waals surface area contributed by atoms with E-state index < -0.39 is 5.97 Å². The zero-order valence-electron chi connectivity index (χ0n) is 10.9. The van der Waals surface area contributed by atoms with Gasteiger partial charge >= 0.3 is 5.97 Å². The molecular formula is C16H15BrO3. The Morgan fingerprint density at radius 3 is 2.30 bits per heavy atom. The van der Waals surface area contributed by atoms with Crippen LogP contribution in [-0.2, 0) is 4.79 Å². The second-order valence-electron chi connectivity index (χ2n) is 4.66. The number of carboxylic acids is 1. The molecule has 2 aromatic rings. The van der Waals surface area contributed by atoms with Gasteiger partial charge < -0.3 is 5.11 Å². The summed E-state index contributed by atoms with van der Waals surface area (Å²) >= 11 is 3.48. The molecule has 0 unspecified atom stereocenters. The van der Waals surface area contributed by atoms with Crippen molar-refractivity contribution >= 4 is 38.5 Å². The lowest BCUT2D eigenvalue weighted by molar-refractivity contribution is -0.137. The van der Waals surface area contributed by atoms with E-state index in [9.17, 15) is 9.59 Å². The van der Waals surface area contributed by atoms with E-state index in [4.69, 9.17) is 5.11 Å². The Morgan fingerprint density at radius 1 is 0.950 bits per heavy atom. The molecule has 0 heterocycles. The standard InChI is InChI=1S/C16H15BrO3/c17-14-10-9-13(11-5-1-2-6-12(11)14)15(18)7-3-4-8-16(19)20/h1-2,5-6,9-10H,3-4,7-8H2,(H,19,20). The van der Waals surface area contributed by atoms with Crippen molar-refractivity contribution in [3.8, 4) is 0 Å². The van der Waals surface area contributed by atoms with E-state index in [1.165, 1.54) is 0 Å². The Labute approximate surface area is 125 Å². The molecule has 20 heavy (non-hydrogen) atoms. The third kappa shape index (κ3) is 3.45. The molecular weight excluding hydrogens is 320 g/mol. The summed E-state index contributed by atoms with van der Waals surface area (Å²) in [5, 5.41) is 10.5. The van der Waals surface area contributed by atoms with Gasteiger partial charge in [0.1, 0.15) is 0 Å². The van der Waals surface area contributed by atoms with Crippen molar-refractivity contribution in [2.45, 2.75) is 25.7 Å². The predicted molar refractivity (Wildman–Crippen MR) is 82.1 cm³/mol. The summed E-state index contributed by atoms with van der Waals surface area (Å²) in [4.78, 5) is 22.7. The average Bonchev–Trinajstić information content (AvgIpc) is 2.44. The summed E-state index contributed by atoms with van der Waals surface area (Å²) < 4.78 is 0.968. The van der Waals surface area contributed by atoms with E-state index in [-0.39, 0.29) is 12.2 Å². The maximum atomic E-state index is 12.3. The molecule has 104 valence electrons. The highest BCUT2D eigenvalue weighted by atomic mass is 79.9. The lowest BCUT2D eigenvalue weighted by Gasteiger charge is -2.07. The highest BCUT2D eigenvalue weighted by Crippen LogP contribution is 2.27. The van der Waals surface area contributed by atoms with Crippen LogP contribution < -0.4 is 0 Å². The number of carbonyl (C=O) groups is 2. The molecule has 0 saturated carbocycles. The number of hydrogen-bond donors (Lipinski definition) is 1. The van der Waals surface area contributed by atoms with E-state index in [1.807, 2.05) is 36.4 Å². The second-order valence-corrected chi connectivity index (χ2v) is 5.52. The van der Waals surface area contributed by atoms with Crippen molar-refractivity contribution in [2.24, 2.45) is 0 Å². The minimum Gasteiger partial charge on any atom is -0.481 e. The first-order chi connectivity index (χ1) is 9.59. The number of fused-ring (bicyclic) bond motifs is 1. The molecule has 2 rings (SSSR count). The van der Waals surface area contributed by atoms with Gasteiger partial charge in [-0.25, -0.2) is 0 Å². The lowest BCUT2D eigenvalue weighted by Crippen LogP contribution is -2.01. The number of benzene rings is 2. The summed E-state index contributed by atoms with van der Waals surface area (Å²) in [6, 6.07) is 11.5. The normalized spacial score (nSPS) is 10.7. The molecule has 1 N–H and O–H groups in total. The van der Waals surface area contributed by atoms with Gasteiger partial charge in [0.25, 0.3) is 0 Å². The average molecular weight is 335 g/mol.